The summed E-state index contributed by atoms with van der Waals surface area (Å²) in [7, 11) is -4.55. The predicted molar refractivity (Wildman–Crippen MR) is 95.8 cm³/mol. The number of benzene rings is 1. The Morgan fingerprint density at radius 2 is 1.64 bits per heavy atom. The smallest absolute Gasteiger partial charge is 0.312 e. The van der Waals surface area contributed by atoms with Gasteiger partial charge in [0.25, 0.3) is 0 Å². The summed E-state index contributed by atoms with van der Waals surface area (Å²) in [5.74, 6) is -0.357. The van der Waals surface area contributed by atoms with Crippen molar-refractivity contribution >= 4 is 46.3 Å². The van der Waals surface area contributed by atoms with Crippen LogP contribution < -0.4 is 9.80 Å². The molecule has 25 heavy (non-hydrogen) atoms. The van der Waals surface area contributed by atoms with Gasteiger partial charge in [0.05, 0.1) is 0 Å². The Balaban J connectivity index is 1.75. The fraction of sp³-hybridized carbons (Fsp3) is 0.467. The highest BCUT2D eigenvalue weighted by Gasteiger charge is 2.40. The molecular weight excluding hydrogens is 366 g/mol. The fourth-order valence-corrected chi connectivity index (χ4v) is 3.91. The molecule has 2 aliphatic heterocycles. The number of rotatable bonds is 4. The number of hydrogen-bond acceptors (Lipinski definition) is 5. The summed E-state index contributed by atoms with van der Waals surface area (Å²) in [4.78, 5) is 27.6. The van der Waals surface area contributed by atoms with Crippen molar-refractivity contribution in [2.24, 2.45) is 0 Å². The lowest BCUT2D eigenvalue weighted by Gasteiger charge is -2.27. The van der Waals surface area contributed by atoms with Crippen molar-refractivity contribution in [2.75, 3.05) is 22.9 Å². The van der Waals surface area contributed by atoms with Gasteiger partial charge in [0.1, 0.15) is 6.04 Å². The molecule has 0 aliphatic carbocycles. The molecule has 10 heteroatoms. The molecule has 1 aromatic rings. The van der Waals surface area contributed by atoms with Crippen LogP contribution in [0.25, 0.3) is 0 Å². The molecule has 2 fully saturated rings. The van der Waals surface area contributed by atoms with Crippen molar-refractivity contribution in [3.8, 4) is 0 Å². The van der Waals surface area contributed by atoms with E-state index in [0.717, 1.165) is 18.5 Å². The molecular formula is C15H19N3O5S2. The summed E-state index contributed by atoms with van der Waals surface area (Å²) in [5, 5.41) is 0. The predicted octanol–water partition coefficient (Wildman–Crippen LogP) is 1.26. The van der Waals surface area contributed by atoms with Crippen molar-refractivity contribution in [3.05, 3.63) is 24.3 Å². The molecule has 0 aromatic heterocycles. The monoisotopic (exact) mass is 385 g/mol. The zero-order valence-corrected chi connectivity index (χ0v) is 15.1. The molecule has 1 aromatic carbocycles. The summed E-state index contributed by atoms with van der Waals surface area (Å²) in [5.41, 5.74) is 1.39. The third-order valence-electron chi connectivity index (χ3n) is 4.48. The number of anilines is 2. The lowest BCUT2D eigenvalue weighted by Crippen LogP contribution is -2.39. The highest BCUT2D eigenvalue weighted by atomic mass is 32.3. The van der Waals surface area contributed by atoms with Crippen LogP contribution in [-0.2, 0) is 19.9 Å². The van der Waals surface area contributed by atoms with Crippen LogP contribution in [0.3, 0.4) is 0 Å². The molecule has 0 radical (unpaired) electrons. The number of thiol groups is 1. The van der Waals surface area contributed by atoms with E-state index >= 15 is 0 Å². The molecule has 0 bridgehead atoms. The number of carbonyl (C=O) groups excluding carboxylic acids is 2. The van der Waals surface area contributed by atoms with Crippen LogP contribution in [-0.4, -0.2) is 47.6 Å². The van der Waals surface area contributed by atoms with Crippen LogP contribution in [0.5, 0.6) is 0 Å². The van der Waals surface area contributed by atoms with E-state index in [9.17, 15) is 18.0 Å². The van der Waals surface area contributed by atoms with Crippen LogP contribution in [0.2, 0.25) is 0 Å². The van der Waals surface area contributed by atoms with Crippen molar-refractivity contribution in [1.29, 1.82) is 0 Å². The van der Waals surface area contributed by atoms with Crippen LogP contribution in [0.4, 0.5) is 11.4 Å². The van der Waals surface area contributed by atoms with Gasteiger partial charge in [-0.25, -0.2) is 0 Å². The van der Waals surface area contributed by atoms with Crippen LogP contribution in [0.15, 0.2) is 24.3 Å². The number of amides is 2. The minimum absolute atomic E-state index is 0.0928. The fourth-order valence-electron chi connectivity index (χ4n) is 3.18. The van der Waals surface area contributed by atoms with E-state index in [2.05, 4.69) is 12.8 Å². The zero-order chi connectivity index (χ0) is 18.2. The summed E-state index contributed by atoms with van der Waals surface area (Å²) >= 11 is 3.72. The quantitative estimate of drug-likeness (QED) is 0.601. The van der Waals surface area contributed by atoms with Gasteiger partial charge in [0, 0.05) is 30.9 Å². The maximum atomic E-state index is 12.4. The molecule has 1 unspecified atom stereocenters. The third-order valence-corrected chi connectivity index (χ3v) is 6.10. The first kappa shape index (κ1) is 18.2. The first-order valence-electron chi connectivity index (χ1n) is 7.96. The topological polar surface area (TPSA) is 98.2 Å². The highest BCUT2D eigenvalue weighted by Crippen LogP contribution is 2.29. The zero-order valence-electron chi connectivity index (χ0n) is 13.4. The number of carbonyl (C=O) groups is 2. The van der Waals surface area contributed by atoms with Crippen LogP contribution in [0.1, 0.15) is 25.7 Å². The van der Waals surface area contributed by atoms with E-state index in [1.165, 1.54) is 4.90 Å². The minimum Gasteiger partial charge on any atom is -0.312 e. The number of nitrogens with zero attached hydrogens (tertiary/aromatic N) is 3. The van der Waals surface area contributed by atoms with E-state index in [-0.39, 0.29) is 12.3 Å². The van der Waals surface area contributed by atoms with Crippen molar-refractivity contribution in [2.45, 2.75) is 31.7 Å². The molecule has 2 amide bonds. The average Bonchev–Trinajstić information content (AvgIpc) is 2.95. The molecule has 136 valence electrons. The first-order chi connectivity index (χ1) is 11.8. The van der Waals surface area contributed by atoms with Gasteiger partial charge < -0.3 is 9.80 Å². The Bertz CT molecular complexity index is 781. The van der Waals surface area contributed by atoms with E-state index in [0.29, 0.717) is 28.9 Å². The molecule has 2 heterocycles. The van der Waals surface area contributed by atoms with Gasteiger partial charge in [-0.05, 0) is 43.5 Å². The van der Waals surface area contributed by atoms with Gasteiger partial charge in [-0.3, -0.25) is 14.1 Å². The second kappa shape index (κ2) is 6.94. The van der Waals surface area contributed by atoms with Crippen LogP contribution in [0, 0.1) is 0 Å². The highest BCUT2D eigenvalue weighted by molar-refractivity contribution is 7.96. The Morgan fingerprint density at radius 1 is 1.04 bits per heavy atom. The SMILES string of the molecule is O=C1CCCCN1c1ccc(N2CCC(N(S)S(=O)(=O)O)C2=O)cc1. The summed E-state index contributed by atoms with van der Waals surface area (Å²) in [6, 6.07) is 5.98. The van der Waals surface area contributed by atoms with Crippen LogP contribution >= 0.6 is 12.8 Å². The van der Waals surface area contributed by atoms with Crippen molar-refractivity contribution in [3.63, 3.8) is 0 Å². The second-order valence-corrected chi connectivity index (χ2v) is 8.05. The van der Waals surface area contributed by atoms with Gasteiger partial charge in [-0.2, -0.15) is 8.42 Å². The summed E-state index contributed by atoms with van der Waals surface area (Å²) in [6.07, 6.45) is 2.65. The molecule has 3 rings (SSSR count). The number of piperidine rings is 1. The lowest BCUT2D eigenvalue weighted by atomic mass is 10.1. The van der Waals surface area contributed by atoms with Gasteiger partial charge >= 0.3 is 10.3 Å². The van der Waals surface area contributed by atoms with E-state index in [1.807, 2.05) is 0 Å². The molecule has 0 saturated carbocycles. The van der Waals surface area contributed by atoms with E-state index < -0.39 is 22.3 Å². The molecule has 0 spiro atoms. The standard InChI is InChI=1S/C15H19N3O5S2/c19-14-3-1-2-9-16(14)11-4-6-12(7-5-11)17-10-8-13(15(17)20)18(24)25(21,22)23/h4-7,13,24H,1-3,8-10H2,(H,21,22,23). The van der Waals surface area contributed by atoms with Gasteiger partial charge in [-0.1, -0.05) is 12.8 Å². The lowest BCUT2D eigenvalue weighted by molar-refractivity contribution is -0.120. The summed E-state index contributed by atoms with van der Waals surface area (Å²) < 4.78 is 31.7. The van der Waals surface area contributed by atoms with E-state index in [4.69, 9.17) is 4.55 Å². The van der Waals surface area contributed by atoms with Gasteiger partial charge in [-0.15, -0.1) is 3.71 Å². The molecule has 2 aliphatic rings. The average molecular weight is 385 g/mol. The Kier molecular flexibility index (Phi) is 5.05. The molecule has 8 nitrogen and oxygen atoms in total. The normalized spacial score (nSPS) is 22.1. The molecule has 1 atom stereocenters. The first-order valence-corrected chi connectivity index (χ1v) is 9.76. The van der Waals surface area contributed by atoms with Crippen molar-refractivity contribution < 1.29 is 22.6 Å². The Hall–Kier alpha value is -1.62. The maximum absolute atomic E-state index is 12.4. The number of hydrogen-bond donors (Lipinski definition) is 2. The Morgan fingerprint density at radius 3 is 2.20 bits per heavy atom. The second-order valence-electron chi connectivity index (χ2n) is 6.06. The maximum Gasteiger partial charge on any atom is 0.345 e. The Labute approximate surface area is 151 Å². The van der Waals surface area contributed by atoms with E-state index in [1.54, 1.807) is 29.2 Å². The molecule has 2 saturated heterocycles. The largest absolute Gasteiger partial charge is 0.345 e. The van der Waals surface area contributed by atoms with Gasteiger partial charge in [0.15, 0.2) is 0 Å². The summed E-state index contributed by atoms with van der Waals surface area (Å²) in [6.45, 7) is 1.00. The minimum atomic E-state index is -4.55. The third kappa shape index (κ3) is 3.66. The van der Waals surface area contributed by atoms with Gasteiger partial charge in [0.2, 0.25) is 11.8 Å². The molecule has 1 N–H and O–H groups in total. The van der Waals surface area contributed by atoms with Crippen molar-refractivity contribution in [1.82, 2.24) is 3.71 Å².